The summed E-state index contributed by atoms with van der Waals surface area (Å²) >= 11 is 0. The molecule has 1 aromatic rings. The number of hydrogen-bond donors (Lipinski definition) is 2. The lowest BCUT2D eigenvalue weighted by molar-refractivity contribution is -0.122. The fourth-order valence-electron chi connectivity index (χ4n) is 1.40. The molecule has 3 nitrogen and oxygen atoms in total. The fourth-order valence-corrected chi connectivity index (χ4v) is 1.40. The van der Waals surface area contributed by atoms with Gasteiger partial charge in [-0.2, -0.15) is 0 Å². The monoisotopic (exact) mass is 236 g/mol. The third-order valence-corrected chi connectivity index (χ3v) is 2.38. The molecule has 0 radical (unpaired) electrons. The van der Waals surface area contributed by atoms with E-state index in [0.29, 0.717) is 19.4 Å². The maximum absolute atomic E-state index is 12.6. The molecule has 0 heterocycles. The topological polar surface area (TPSA) is 55.1 Å². The van der Waals surface area contributed by atoms with E-state index in [9.17, 15) is 9.18 Å². The van der Waals surface area contributed by atoms with E-state index in [4.69, 9.17) is 5.73 Å². The van der Waals surface area contributed by atoms with Gasteiger partial charge in [-0.25, -0.2) is 4.39 Å². The molecule has 0 aromatic heterocycles. The van der Waals surface area contributed by atoms with Crippen LogP contribution in [0.5, 0.6) is 0 Å². The lowest BCUT2D eigenvalue weighted by Crippen LogP contribution is -2.40. The van der Waals surface area contributed by atoms with E-state index in [0.717, 1.165) is 5.56 Å². The van der Waals surface area contributed by atoms with Crippen molar-refractivity contribution in [3.63, 3.8) is 0 Å². The van der Waals surface area contributed by atoms with Gasteiger partial charge in [-0.3, -0.25) is 4.79 Å². The van der Waals surface area contributed by atoms with Crippen LogP contribution in [-0.4, -0.2) is 18.5 Å². The van der Waals surface area contributed by atoms with E-state index >= 15 is 0 Å². The van der Waals surface area contributed by atoms with E-state index < -0.39 is 6.04 Å². The van der Waals surface area contributed by atoms with Crippen LogP contribution in [0.25, 0.3) is 0 Å². The van der Waals surface area contributed by atoms with Crippen molar-refractivity contribution in [2.75, 3.05) is 6.54 Å². The molecule has 0 saturated carbocycles. The van der Waals surface area contributed by atoms with Crippen LogP contribution in [0.1, 0.15) is 12.0 Å². The van der Waals surface area contributed by atoms with Crippen molar-refractivity contribution < 1.29 is 9.18 Å². The highest BCUT2D eigenvalue weighted by atomic mass is 19.1. The summed E-state index contributed by atoms with van der Waals surface area (Å²) in [5, 5.41) is 2.72. The van der Waals surface area contributed by atoms with Gasteiger partial charge >= 0.3 is 0 Å². The average molecular weight is 236 g/mol. The molecular formula is C13H17FN2O. The number of nitrogens with one attached hydrogen (secondary N) is 1. The zero-order chi connectivity index (χ0) is 12.7. The number of nitrogens with two attached hydrogens (primary N) is 1. The third kappa shape index (κ3) is 4.78. The van der Waals surface area contributed by atoms with Crippen molar-refractivity contribution in [1.29, 1.82) is 0 Å². The zero-order valence-electron chi connectivity index (χ0n) is 9.66. The van der Waals surface area contributed by atoms with Crippen LogP contribution in [0.15, 0.2) is 36.9 Å². The summed E-state index contributed by atoms with van der Waals surface area (Å²) in [7, 11) is 0. The molecule has 3 N–H and O–H groups in total. The second-order valence-electron chi connectivity index (χ2n) is 3.80. The third-order valence-electron chi connectivity index (χ3n) is 2.38. The van der Waals surface area contributed by atoms with Gasteiger partial charge < -0.3 is 11.1 Å². The smallest absolute Gasteiger partial charge is 0.237 e. The Morgan fingerprint density at radius 3 is 2.71 bits per heavy atom. The molecule has 0 saturated heterocycles. The van der Waals surface area contributed by atoms with E-state index in [2.05, 4.69) is 11.9 Å². The number of hydrogen-bond acceptors (Lipinski definition) is 2. The van der Waals surface area contributed by atoms with Crippen LogP contribution in [-0.2, 0) is 11.2 Å². The predicted molar refractivity (Wildman–Crippen MR) is 65.9 cm³/mol. The first kappa shape index (κ1) is 13.4. The zero-order valence-corrected chi connectivity index (χ0v) is 9.66. The first-order chi connectivity index (χ1) is 8.13. The first-order valence-electron chi connectivity index (χ1n) is 5.52. The number of halogens is 1. The van der Waals surface area contributed by atoms with Gasteiger partial charge in [-0.1, -0.05) is 18.2 Å². The molecule has 1 rings (SSSR count). The number of carbonyl (C=O) groups excluding carboxylic acids is 1. The van der Waals surface area contributed by atoms with E-state index in [1.807, 2.05) is 0 Å². The molecular weight excluding hydrogens is 219 g/mol. The van der Waals surface area contributed by atoms with Gasteiger partial charge in [0.2, 0.25) is 5.91 Å². The second-order valence-corrected chi connectivity index (χ2v) is 3.80. The van der Waals surface area contributed by atoms with Gasteiger partial charge in [0.15, 0.2) is 0 Å². The summed E-state index contributed by atoms with van der Waals surface area (Å²) in [5.74, 6) is -0.446. The predicted octanol–water partition coefficient (Wildman–Crippen LogP) is 1.39. The number of benzene rings is 1. The van der Waals surface area contributed by atoms with Gasteiger partial charge in [-0.15, -0.1) is 6.58 Å². The summed E-state index contributed by atoms with van der Waals surface area (Å²) < 4.78 is 12.6. The van der Waals surface area contributed by atoms with Crippen LogP contribution < -0.4 is 11.1 Å². The Kier molecular flexibility index (Phi) is 5.36. The molecule has 0 aliphatic heterocycles. The maximum atomic E-state index is 12.6. The Bertz CT molecular complexity index is 376. The Hall–Kier alpha value is -1.68. The van der Waals surface area contributed by atoms with Gasteiger partial charge in [0.25, 0.3) is 0 Å². The standard InChI is InChI=1S/C13H17FN2O/c1-2-3-12(15)13(17)16-9-8-10-4-6-11(14)7-5-10/h2,4-7,12H,1,3,8-9,15H2,(H,16,17). The molecule has 0 bridgehead atoms. The van der Waals surface area contributed by atoms with Crippen molar-refractivity contribution in [1.82, 2.24) is 5.32 Å². The summed E-state index contributed by atoms with van der Waals surface area (Å²) in [6.45, 7) is 4.02. The molecule has 1 amide bonds. The molecule has 0 fully saturated rings. The molecule has 1 atom stereocenters. The Morgan fingerprint density at radius 1 is 1.47 bits per heavy atom. The first-order valence-corrected chi connectivity index (χ1v) is 5.52. The number of rotatable bonds is 6. The molecule has 4 heteroatoms. The molecule has 0 aliphatic carbocycles. The lowest BCUT2D eigenvalue weighted by Gasteiger charge is -2.10. The van der Waals surface area contributed by atoms with E-state index in [1.54, 1.807) is 18.2 Å². The highest BCUT2D eigenvalue weighted by molar-refractivity contribution is 5.81. The maximum Gasteiger partial charge on any atom is 0.237 e. The van der Waals surface area contributed by atoms with Crippen molar-refractivity contribution in [3.8, 4) is 0 Å². The van der Waals surface area contributed by atoms with Crippen LogP contribution in [0.2, 0.25) is 0 Å². The Labute approximate surface area is 101 Å². The summed E-state index contributed by atoms with van der Waals surface area (Å²) in [4.78, 5) is 11.4. The van der Waals surface area contributed by atoms with Crippen molar-refractivity contribution in [2.45, 2.75) is 18.9 Å². The summed E-state index contributed by atoms with van der Waals surface area (Å²) in [5.41, 5.74) is 6.57. The highest BCUT2D eigenvalue weighted by Gasteiger charge is 2.10. The van der Waals surface area contributed by atoms with E-state index in [-0.39, 0.29) is 11.7 Å². The minimum absolute atomic E-state index is 0.188. The molecule has 0 spiro atoms. The molecule has 17 heavy (non-hydrogen) atoms. The van der Waals surface area contributed by atoms with Gasteiger partial charge in [0.1, 0.15) is 5.82 Å². The van der Waals surface area contributed by atoms with Crippen molar-refractivity contribution >= 4 is 5.91 Å². The number of amides is 1. The molecule has 1 aromatic carbocycles. The van der Waals surface area contributed by atoms with E-state index in [1.165, 1.54) is 12.1 Å². The SMILES string of the molecule is C=CCC(N)C(=O)NCCc1ccc(F)cc1. The quantitative estimate of drug-likeness (QED) is 0.733. The molecule has 1 unspecified atom stereocenters. The van der Waals surface area contributed by atoms with Crippen molar-refractivity contribution in [3.05, 3.63) is 48.3 Å². The minimum atomic E-state index is -0.541. The highest BCUT2D eigenvalue weighted by Crippen LogP contribution is 2.02. The van der Waals surface area contributed by atoms with Crippen LogP contribution in [0, 0.1) is 5.82 Å². The summed E-state index contributed by atoms with van der Waals surface area (Å²) in [6, 6.07) is 5.66. The van der Waals surface area contributed by atoms with Gasteiger partial charge in [0.05, 0.1) is 6.04 Å². The van der Waals surface area contributed by atoms with Crippen LogP contribution in [0.4, 0.5) is 4.39 Å². The molecule has 0 aliphatic rings. The van der Waals surface area contributed by atoms with Crippen LogP contribution in [0.3, 0.4) is 0 Å². The van der Waals surface area contributed by atoms with Crippen molar-refractivity contribution in [2.24, 2.45) is 5.73 Å². The average Bonchev–Trinajstić information content (AvgIpc) is 2.32. The Balaban J connectivity index is 2.30. The van der Waals surface area contributed by atoms with Crippen LogP contribution >= 0.6 is 0 Å². The number of carbonyl (C=O) groups is 1. The summed E-state index contributed by atoms with van der Waals surface area (Å²) in [6.07, 6.45) is 2.74. The van der Waals surface area contributed by atoms with Gasteiger partial charge in [0, 0.05) is 6.54 Å². The lowest BCUT2D eigenvalue weighted by atomic mass is 10.1. The normalized spacial score (nSPS) is 11.9. The largest absolute Gasteiger partial charge is 0.354 e. The fraction of sp³-hybridized carbons (Fsp3) is 0.308. The van der Waals surface area contributed by atoms with Gasteiger partial charge in [-0.05, 0) is 30.5 Å². The Morgan fingerprint density at radius 2 is 2.12 bits per heavy atom. The second kappa shape index (κ2) is 6.81. The minimum Gasteiger partial charge on any atom is -0.354 e. The molecule has 92 valence electrons.